The number of thiocarbonyl (C=S) groups is 1. The van der Waals surface area contributed by atoms with Gasteiger partial charge < -0.3 is 15.1 Å². The monoisotopic (exact) mass is 403 g/mol. The lowest BCUT2D eigenvalue weighted by molar-refractivity contribution is 0.478. The minimum Gasteiger partial charge on any atom is -0.465 e. The summed E-state index contributed by atoms with van der Waals surface area (Å²) in [6, 6.07) is 5.73. The molecule has 100 valence electrons. The van der Waals surface area contributed by atoms with Crippen LogP contribution in [0.4, 0.5) is 5.82 Å². The molecule has 4 nitrogen and oxygen atoms in total. The van der Waals surface area contributed by atoms with Crippen LogP contribution in [0.25, 0.3) is 0 Å². The molecule has 0 amide bonds. The zero-order valence-corrected chi connectivity index (χ0v) is 14.0. The lowest BCUT2D eigenvalue weighted by atomic mass is 10.4. The van der Waals surface area contributed by atoms with E-state index in [2.05, 4.69) is 47.5 Å². The van der Waals surface area contributed by atoms with E-state index in [9.17, 15) is 0 Å². The number of nitrogens with zero attached hydrogens (tertiary/aromatic N) is 1. The second-order valence-electron chi connectivity index (χ2n) is 3.80. The van der Waals surface area contributed by atoms with Crippen LogP contribution in [0, 0.1) is 6.92 Å². The van der Waals surface area contributed by atoms with Gasteiger partial charge in [0.05, 0.1) is 11.0 Å². The maximum Gasteiger partial charge on any atom is 0.172 e. The van der Waals surface area contributed by atoms with Gasteiger partial charge in [0.2, 0.25) is 0 Å². The number of furan rings is 1. The van der Waals surface area contributed by atoms with Crippen molar-refractivity contribution in [1.82, 2.24) is 10.3 Å². The quantitative estimate of drug-likeness (QED) is 0.757. The summed E-state index contributed by atoms with van der Waals surface area (Å²) < 4.78 is 7.17. The molecule has 0 aliphatic carbocycles. The number of nitrogens with one attached hydrogen (secondary N) is 2. The number of halogens is 2. The molecular weight excluding hydrogens is 394 g/mol. The standard InChI is InChI=1S/C12H11Br2N3OS/c1-7-2-3-9(18-7)6-16-12(19)17-11-10(14)4-8(13)5-15-11/h2-5H,6H2,1H3,(H2,15,16,17,19). The first-order valence-corrected chi connectivity index (χ1v) is 7.45. The molecule has 2 rings (SSSR count). The van der Waals surface area contributed by atoms with Crippen molar-refractivity contribution in [3.8, 4) is 0 Å². The number of aromatic nitrogens is 1. The predicted octanol–water partition coefficient (Wildman–Crippen LogP) is 3.99. The fraction of sp³-hybridized carbons (Fsp3) is 0.167. The molecule has 0 aliphatic heterocycles. The second-order valence-corrected chi connectivity index (χ2v) is 5.98. The number of anilines is 1. The van der Waals surface area contributed by atoms with Gasteiger partial charge >= 0.3 is 0 Å². The van der Waals surface area contributed by atoms with Crippen molar-refractivity contribution in [1.29, 1.82) is 0 Å². The van der Waals surface area contributed by atoms with Crippen molar-refractivity contribution >= 4 is 55.0 Å². The highest BCUT2D eigenvalue weighted by Gasteiger charge is 2.05. The topological polar surface area (TPSA) is 50.1 Å². The molecule has 2 aromatic rings. The third-order valence-electron chi connectivity index (χ3n) is 2.26. The third kappa shape index (κ3) is 4.29. The van der Waals surface area contributed by atoms with E-state index in [1.807, 2.05) is 25.1 Å². The van der Waals surface area contributed by atoms with Gasteiger partial charge in [-0.25, -0.2) is 4.98 Å². The highest BCUT2D eigenvalue weighted by molar-refractivity contribution is 9.11. The summed E-state index contributed by atoms with van der Waals surface area (Å²) in [4.78, 5) is 4.22. The van der Waals surface area contributed by atoms with E-state index >= 15 is 0 Å². The highest BCUT2D eigenvalue weighted by Crippen LogP contribution is 2.23. The van der Waals surface area contributed by atoms with Crippen LogP contribution in [0.15, 0.2) is 37.8 Å². The van der Waals surface area contributed by atoms with Crippen LogP contribution in [0.3, 0.4) is 0 Å². The number of hydrogen-bond donors (Lipinski definition) is 2. The Kier molecular flexibility index (Phi) is 4.95. The van der Waals surface area contributed by atoms with Crippen LogP contribution < -0.4 is 10.6 Å². The minimum atomic E-state index is 0.490. The Balaban J connectivity index is 1.90. The zero-order chi connectivity index (χ0) is 13.8. The van der Waals surface area contributed by atoms with Gasteiger partial charge in [0, 0.05) is 10.7 Å². The van der Waals surface area contributed by atoms with Crippen molar-refractivity contribution in [3.05, 3.63) is 44.9 Å². The highest BCUT2D eigenvalue weighted by atomic mass is 79.9. The van der Waals surface area contributed by atoms with Crippen molar-refractivity contribution in [3.63, 3.8) is 0 Å². The van der Waals surface area contributed by atoms with Crippen LogP contribution >= 0.6 is 44.1 Å². The van der Waals surface area contributed by atoms with Gasteiger partial charge in [-0.05, 0) is 69.2 Å². The smallest absolute Gasteiger partial charge is 0.172 e. The Morgan fingerprint density at radius 1 is 1.42 bits per heavy atom. The van der Waals surface area contributed by atoms with Crippen molar-refractivity contribution < 1.29 is 4.42 Å². The fourth-order valence-corrected chi connectivity index (χ4v) is 2.66. The molecule has 7 heteroatoms. The van der Waals surface area contributed by atoms with E-state index in [0.29, 0.717) is 17.5 Å². The fourth-order valence-electron chi connectivity index (χ4n) is 1.41. The molecule has 0 aromatic carbocycles. The molecule has 0 bridgehead atoms. The Morgan fingerprint density at radius 3 is 2.84 bits per heavy atom. The van der Waals surface area contributed by atoms with E-state index in [4.69, 9.17) is 16.6 Å². The number of rotatable bonds is 3. The molecule has 0 spiro atoms. The molecule has 0 fully saturated rings. The summed E-state index contributed by atoms with van der Waals surface area (Å²) in [5.74, 6) is 2.38. The van der Waals surface area contributed by atoms with Crippen LogP contribution in [0.5, 0.6) is 0 Å². The normalized spacial score (nSPS) is 10.3. The Labute approximate surface area is 133 Å². The number of hydrogen-bond acceptors (Lipinski definition) is 3. The van der Waals surface area contributed by atoms with Crippen LogP contribution in [-0.2, 0) is 6.54 Å². The molecule has 0 atom stereocenters. The van der Waals surface area contributed by atoms with Crippen molar-refractivity contribution in [2.24, 2.45) is 0 Å². The minimum absolute atomic E-state index is 0.490. The summed E-state index contributed by atoms with van der Waals surface area (Å²) >= 11 is 12.0. The van der Waals surface area contributed by atoms with E-state index in [1.54, 1.807) is 6.20 Å². The van der Waals surface area contributed by atoms with Gasteiger partial charge in [0.1, 0.15) is 17.3 Å². The van der Waals surface area contributed by atoms with Gasteiger partial charge in [-0.15, -0.1) is 0 Å². The van der Waals surface area contributed by atoms with Crippen LogP contribution in [-0.4, -0.2) is 10.1 Å². The molecule has 2 N–H and O–H groups in total. The molecule has 2 heterocycles. The number of pyridine rings is 1. The lowest BCUT2D eigenvalue weighted by Crippen LogP contribution is -2.28. The van der Waals surface area contributed by atoms with Gasteiger partial charge in [0.25, 0.3) is 0 Å². The van der Waals surface area contributed by atoms with Gasteiger partial charge in [0.15, 0.2) is 5.11 Å². The zero-order valence-electron chi connectivity index (χ0n) is 10.0. The molecule has 0 radical (unpaired) electrons. The lowest BCUT2D eigenvalue weighted by Gasteiger charge is -2.10. The second kappa shape index (κ2) is 6.49. The summed E-state index contributed by atoms with van der Waals surface area (Å²) in [5, 5.41) is 6.56. The molecule has 0 aliphatic rings. The summed E-state index contributed by atoms with van der Waals surface area (Å²) in [6.07, 6.45) is 1.70. The predicted molar refractivity (Wildman–Crippen MR) is 86.1 cm³/mol. The maximum atomic E-state index is 5.44. The molecule has 2 aromatic heterocycles. The first kappa shape index (κ1) is 14.5. The summed E-state index contributed by atoms with van der Waals surface area (Å²) in [7, 11) is 0. The molecule has 0 saturated carbocycles. The Morgan fingerprint density at radius 2 is 2.21 bits per heavy atom. The van der Waals surface area contributed by atoms with Gasteiger partial charge in [-0.2, -0.15) is 0 Å². The van der Waals surface area contributed by atoms with E-state index in [-0.39, 0.29) is 0 Å². The van der Waals surface area contributed by atoms with Gasteiger partial charge in [-0.1, -0.05) is 0 Å². The summed E-state index contributed by atoms with van der Waals surface area (Å²) in [6.45, 7) is 2.44. The number of aryl methyl sites for hydroxylation is 1. The van der Waals surface area contributed by atoms with E-state index in [0.717, 1.165) is 20.5 Å². The SMILES string of the molecule is Cc1ccc(CNC(=S)Nc2ncc(Br)cc2Br)o1. The maximum absolute atomic E-state index is 5.44. The summed E-state index contributed by atoms with van der Waals surface area (Å²) in [5.41, 5.74) is 0. The molecular formula is C12H11Br2N3OS. The van der Waals surface area contributed by atoms with Crippen LogP contribution in [0.1, 0.15) is 11.5 Å². The van der Waals surface area contributed by atoms with Crippen molar-refractivity contribution in [2.75, 3.05) is 5.32 Å². The molecule has 0 unspecified atom stereocenters. The average Bonchev–Trinajstić information content (AvgIpc) is 2.76. The van der Waals surface area contributed by atoms with E-state index in [1.165, 1.54) is 0 Å². The van der Waals surface area contributed by atoms with E-state index < -0.39 is 0 Å². The average molecular weight is 405 g/mol. The van der Waals surface area contributed by atoms with Crippen LogP contribution in [0.2, 0.25) is 0 Å². The first-order valence-electron chi connectivity index (χ1n) is 5.46. The molecule has 0 saturated heterocycles. The van der Waals surface area contributed by atoms with Crippen molar-refractivity contribution in [2.45, 2.75) is 13.5 Å². The Hall–Kier alpha value is -0.920. The third-order valence-corrected chi connectivity index (χ3v) is 3.54. The van der Waals surface area contributed by atoms with Gasteiger partial charge in [-0.3, -0.25) is 0 Å². The molecule has 19 heavy (non-hydrogen) atoms. The largest absolute Gasteiger partial charge is 0.465 e. The Bertz CT molecular complexity index is 600. The first-order chi connectivity index (χ1) is 9.04.